The van der Waals surface area contributed by atoms with Crippen molar-refractivity contribution in [1.82, 2.24) is 0 Å². The van der Waals surface area contributed by atoms with Crippen LogP contribution in [0.2, 0.25) is 5.02 Å². The number of nitrogens with zero attached hydrogens (tertiary/aromatic N) is 1. The van der Waals surface area contributed by atoms with E-state index in [0.29, 0.717) is 11.4 Å². The van der Waals surface area contributed by atoms with Crippen molar-refractivity contribution in [1.29, 1.82) is 0 Å². The molecule has 0 aromatic heterocycles. The number of carbonyl (C=O) groups excluding carboxylic acids is 2. The topological polar surface area (TPSA) is 37.4 Å². The number of rotatable bonds is 2. The fourth-order valence-electron chi connectivity index (χ4n) is 1.59. The molecule has 14 heavy (non-hydrogen) atoms. The summed E-state index contributed by atoms with van der Waals surface area (Å²) in [5.41, 5.74) is 1.64. The van der Waals surface area contributed by atoms with Gasteiger partial charge in [0.1, 0.15) is 0 Å². The van der Waals surface area contributed by atoms with E-state index in [1.165, 1.54) is 4.90 Å². The maximum absolute atomic E-state index is 11.4. The van der Waals surface area contributed by atoms with Gasteiger partial charge in [0, 0.05) is 10.7 Å². The second-order valence-corrected chi connectivity index (χ2v) is 3.51. The quantitative estimate of drug-likeness (QED) is 0.736. The van der Waals surface area contributed by atoms with Crippen molar-refractivity contribution in [2.24, 2.45) is 0 Å². The monoisotopic (exact) mass is 208 g/mol. The summed E-state index contributed by atoms with van der Waals surface area (Å²) in [4.78, 5) is 23.1. The van der Waals surface area contributed by atoms with Crippen LogP contribution in [0.3, 0.4) is 0 Å². The highest BCUT2D eigenvalue weighted by Crippen LogP contribution is 2.30. The molecule has 1 aromatic rings. The zero-order valence-corrected chi connectivity index (χ0v) is 8.04. The third-order valence-electron chi connectivity index (χ3n) is 2.20. The molecule has 1 aromatic carbocycles. The fraction of sp³-hybridized carbons (Fsp3) is 0.200. The van der Waals surface area contributed by atoms with Crippen molar-refractivity contribution in [3.63, 3.8) is 0 Å². The van der Waals surface area contributed by atoms with E-state index in [0.717, 1.165) is 11.3 Å². The number of amides is 1. The second kappa shape index (κ2) is 3.42. The van der Waals surface area contributed by atoms with Gasteiger partial charge in [-0.05, 0) is 23.8 Å². The molecule has 3 nitrogen and oxygen atoms in total. The lowest BCUT2D eigenvalue weighted by molar-refractivity contribution is -0.117. The molecule has 2 rings (SSSR count). The Balaban J connectivity index is 2.42. The van der Waals surface area contributed by atoms with E-state index in [4.69, 9.17) is 11.6 Å². The molecule has 1 radical (unpaired) electrons. The van der Waals surface area contributed by atoms with Gasteiger partial charge in [0.05, 0.1) is 13.0 Å². The van der Waals surface area contributed by atoms with Crippen LogP contribution in [0.15, 0.2) is 18.2 Å². The number of hydrogen-bond acceptors (Lipinski definition) is 2. The second-order valence-electron chi connectivity index (χ2n) is 3.07. The SMILES string of the molecule is O=[C]CN1C(=O)Cc2cc(Cl)ccc21. The molecule has 1 amide bonds. The van der Waals surface area contributed by atoms with E-state index < -0.39 is 0 Å². The molecule has 0 aliphatic carbocycles. The summed E-state index contributed by atoms with van der Waals surface area (Å²) in [6.45, 7) is -0.00648. The molecule has 1 aliphatic heterocycles. The van der Waals surface area contributed by atoms with Gasteiger partial charge < -0.3 is 4.90 Å². The zero-order valence-electron chi connectivity index (χ0n) is 7.29. The van der Waals surface area contributed by atoms with Crippen LogP contribution in [0.5, 0.6) is 0 Å². The Kier molecular flexibility index (Phi) is 2.25. The summed E-state index contributed by atoms with van der Waals surface area (Å²) in [5, 5.41) is 0.605. The summed E-state index contributed by atoms with van der Waals surface area (Å²) in [7, 11) is 0. The van der Waals surface area contributed by atoms with Gasteiger partial charge in [-0.2, -0.15) is 0 Å². The number of anilines is 1. The molecule has 0 unspecified atom stereocenters. The zero-order chi connectivity index (χ0) is 10.1. The lowest BCUT2D eigenvalue weighted by Crippen LogP contribution is -2.28. The van der Waals surface area contributed by atoms with Crippen LogP contribution in [-0.2, 0) is 16.0 Å². The lowest BCUT2D eigenvalue weighted by atomic mass is 10.2. The van der Waals surface area contributed by atoms with E-state index in [1.807, 2.05) is 0 Å². The van der Waals surface area contributed by atoms with Crippen LogP contribution in [0.4, 0.5) is 5.69 Å². The summed E-state index contributed by atoms with van der Waals surface area (Å²) in [6, 6.07) is 5.20. The van der Waals surface area contributed by atoms with Crippen LogP contribution in [0.1, 0.15) is 5.56 Å². The third-order valence-corrected chi connectivity index (χ3v) is 2.43. The van der Waals surface area contributed by atoms with Crippen molar-refractivity contribution in [2.45, 2.75) is 6.42 Å². The van der Waals surface area contributed by atoms with Gasteiger partial charge in [0.25, 0.3) is 0 Å². The van der Waals surface area contributed by atoms with Gasteiger partial charge in [-0.1, -0.05) is 11.6 Å². The van der Waals surface area contributed by atoms with Gasteiger partial charge >= 0.3 is 0 Å². The highest BCUT2D eigenvalue weighted by molar-refractivity contribution is 6.30. The van der Waals surface area contributed by atoms with Gasteiger partial charge in [-0.3, -0.25) is 9.59 Å². The Labute approximate surface area is 86.3 Å². The fourth-order valence-corrected chi connectivity index (χ4v) is 1.78. The van der Waals surface area contributed by atoms with E-state index in [-0.39, 0.29) is 12.5 Å². The predicted molar refractivity (Wildman–Crippen MR) is 53.2 cm³/mol. The van der Waals surface area contributed by atoms with Crippen molar-refractivity contribution in [3.8, 4) is 0 Å². The van der Waals surface area contributed by atoms with Crippen LogP contribution < -0.4 is 4.90 Å². The maximum Gasteiger partial charge on any atom is 0.231 e. The Morgan fingerprint density at radius 1 is 1.50 bits per heavy atom. The molecule has 1 aliphatic rings. The number of benzene rings is 1. The predicted octanol–water partition coefficient (Wildman–Crippen LogP) is 1.34. The minimum Gasteiger partial charge on any atom is -0.304 e. The standard InChI is InChI=1S/C10H7ClNO2/c11-8-1-2-9-7(5-8)6-10(14)12(9)3-4-13/h1-2,5H,3,6H2. The Morgan fingerprint density at radius 2 is 2.29 bits per heavy atom. The highest BCUT2D eigenvalue weighted by atomic mass is 35.5. The summed E-state index contributed by atoms with van der Waals surface area (Å²) in [6.07, 6.45) is 2.03. The van der Waals surface area contributed by atoms with Crippen molar-refractivity contribution in [3.05, 3.63) is 28.8 Å². The molecule has 0 atom stereocenters. The minimum atomic E-state index is -0.0781. The van der Waals surface area contributed by atoms with Crippen LogP contribution in [0, 0.1) is 0 Å². The van der Waals surface area contributed by atoms with Crippen LogP contribution in [0.25, 0.3) is 0 Å². The average Bonchev–Trinajstić information content (AvgIpc) is 2.43. The molecule has 71 valence electrons. The number of halogens is 1. The molecule has 0 fully saturated rings. The summed E-state index contributed by atoms with van der Waals surface area (Å²) >= 11 is 5.79. The molecule has 0 bridgehead atoms. The largest absolute Gasteiger partial charge is 0.304 e. The summed E-state index contributed by atoms with van der Waals surface area (Å²) in [5.74, 6) is -0.0781. The summed E-state index contributed by atoms with van der Waals surface area (Å²) < 4.78 is 0. The minimum absolute atomic E-state index is 0.00648. The molecule has 1 heterocycles. The molecule has 4 heteroatoms. The first kappa shape index (κ1) is 9.21. The normalized spacial score (nSPS) is 14.4. The van der Waals surface area contributed by atoms with Gasteiger partial charge in [-0.15, -0.1) is 0 Å². The highest BCUT2D eigenvalue weighted by Gasteiger charge is 2.26. The van der Waals surface area contributed by atoms with E-state index in [9.17, 15) is 9.59 Å². The number of carbonyl (C=O) groups is 1. The van der Waals surface area contributed by atoms with Gasteiger partial charge in [0.2, 0.25) is 12.2 Å². The molecular weight excluding hydrogens is 202 g/mol. The first-order chi connectivity index (χ1) is 6.72. The molecule has 0 saturated carbocycles. The van der Waals surface area contributed by atoms with E-state index >= 15 is 0 Å². The van der Waals surface area contributed by atoms with Crippen molar-refractivity contribution in [2.75, 3.05) is 11.4 Å². The van der Waals surface area contributed by atoms with Gasteiger partial charge in [0.15, 0.2) is 0 Å². The third kappa shape index (κ3) is 1.40. The number of fused-ring (bicyclic) bond motifs is 1. The van der Waals surface area contributed by atoms with Crippen molar-refractivity contribution >= 4 is 29.5 Å². The van der Waals surface area contributed by atoms with Crippen LogP contribution >= 0.6 is 11.6 Å². The Bertz CT molecular complexity index is 403. The average molecular weight is 209 g/mol. The molecular formula is C10H7ClNO2. The Hall–Kier alpha value is -1.35. The molecule has 0 N–H and O–H groups in total. The van der Waals surface area contributed by atoms with Crippen LogP contribution in [-0.4, -0.2) is 18.7 Å². The first-order valence-electron chi connectivity index (χ1n) is 4.16. The molecule has 0 spiro atoms. The lowest BCUT2D eigenvalue weighted by Gasteiger charge is -2.12. The molecule has 0 saturated heterocycles. The van der Waals surface area contributed by atoms with Crippen molar-refractivity contribution < 1.29 is 9.59 Å². The van der Waals surface area contributed by atoms with Gasteiger partial charge in [-0.25, -0.2) is 0 Å². The van der Waals surface area contributed by atoms with E-state index in [1.54, 1.807) is 24.5 Å². The maximum atomic E-state index is 11.4. The van der Waals surface area contributed by atoms with E-state index in [2.05, 4.69) is 0 Å². The number of hydrogen-bond donors (Lipinski definition) is 0. The first-order valence-corrected chi connectivity index (χ1v) is 4.54. The Morgan fingerprint density at radius 3 is 3.00 bits per heavy atom. The smallest absolute Gasteiger partial charge is 0.231 e.